The number of aromatic nitrogens is 2. The molecule has 2 N–H and O–H groups in total. The lowest BCUT2D eigenvalue weighted by Crippen LogP contribution is -2.31. The summed E-state index contributed by atoms with van der Waals surface area (Å²) in [6.45, 7) is 3.53. The van der Waals surface area contributed by atoms with Crippen LogP contribution in [0.4, 0.5) is 11.8 Å². The summed E-state index contributed by atoms with van der Waals surface area (Å²) in [4.78, 5) is 21.5. The van der Waals surface area contributed by atoms with Gasteiger partial charge in [0.25, 0.3) is 0 Å². The summed E-state index contributed by atoms with van der Waals surface area (Å²) in [5.74, 6) is 0.339. The van der Waals surface area contributed by atoms with E-state index in [2.05, 4.69) is 20.2 Å². The first kappa shape index (κ1) is 12.6. The lowest BCUT2D eigenvalue weighted by atomic mass is 10.1. The van der Waals surface area contributed by atoms with E-state index in [-0.39, 0.29) is 0 Å². The Balaban J connectivity index is 2.06. The van der Waals surface area contributed by atoms with Crippen molar-refractivity contribution in [1.29, 1.82) is 0 Å². The molecule has 0 saturated carbocycles. The SMILES string of the molecule is C[C@H](Nc1ccnc(N2CCCCC2)n1)C(=O)O. The molecule has 0 bridgehead atoms. The summed E-state index contributed by atoms with van der Waals surface area (Å²) in [6, 6.07) is 1.03. The second kappa shape index (κ2) is 5.66. The van der Waals surface area contributed by atoms with Gasteiger partial charge in [0.2, 0.25) is 5.95 Å². The van der Waals surface area contributed by atoms with Gasteiger partial charge in [0, 0.05) is 19.3 Å². The molecule has 1 saturated heterocycles. The monoisotopic (exact) mass is 250 g/mol. The average Bonchev–Trinajstić information content (AvgIpc) is 2.40. The maximum Gasteiger partial charge on any atom is 0.325 e. The van der Waals surface area contributed by atoms with Gasteiger partial charge < -0.3 is 15.3 Å². The van der Waals surface area contributed by atoms with Crippen molar-refractivity contribution in [1.82, 2.24) is 9.97 Å². The first-order valence-corrected chi connectivity index (χ1v) is 6.24. The van der Waals surface area contributed by atoms with E-state index in [1.54, 1.807) is 19.2 Å². The van der Waals surface area contributed by atoms with E-state index >= 15 is 0 Å². The Hall–Kier alpha value is -1.85. The van der Waals surface area contributed by atoms with Gasteiger partial charge in [-0.3, -0.25) is 4.79 Å². The minimum absolute atomic E-state index is 0.556. The summed E-state index contributed by atoms with van der Waals surface area (Å²) in [5, 5.41) is 11.7. The van der Waals surface area contributed by atoms with E-state index in [9.17, 15) is 4.79 Å². The first-order chi connectivity index (χ1) is 8.66. The molecule has 0 aromatic carbocycles. The molecule has 6 heteroatoms. The van der Waals surface area contributed by atoms with E-state index in [4.69, 9.17) is 5.11 Å². The second-order valence-electron chi connectivity index (χ2n) is 4.49. The molecule has 1 aliphatic heterocycles. The van der Waals surface area contributed by atoms with Crippen LogP contribution in [0.15, 0.2) is 12.3 Å². The number of anilines is 2. The van der Waals surface area contributed by atoms with Gasteiger partial charge in [-0.05, 0) is 32.3 Å². The Morgan fingerprint density at radius 1 is 1.44 bits per heavy atom. The van der Waals surface area contributed by atoms with Crippen molar-refractivity contribution in [3.63, 3.8) is 0 Å². The van der Waals surface area contributed by atoms with Crippen LogP contribution in [0.2, 0.25) is 0 Å². The molecule has 6 nitrogen and oxygen atoms in total. The third kappa shape index (κ3) is 3.09. The molecule has 1 aromatic rings. The van der Waals surface area contributed by atoms with Gasteiger partial charge in [-0.2, -0.15) is 4.98 Å². The molecule has 18 heavy (non-hydrogen) atoms. The van der Waals surface area contributed by atoms with Crippen molar-refractivity contribution < 1.29 is 9.90 Å². The topological polar surface area (TPSA) is 78.4 Å². The fourth-order valence-corrected chi connectivity index (χ4v) is 1.96. The minimum atomic E-state index is -0.895. The molecule has 98 valence electrons. The smallest absolute Gasteiger partial charge is 0.325 e. The van der Waals surface area contributed by atoms with Crippen LogP contribution in [0.5, 0.6) is 0 Å². The molecular weight excluding hydrogens is 232 g/mol. The minimum Gasteiger partial charge on any atom is -0.480 e. The van der Waals surface area contributed by atoms with Gasteiger partial charge in [-0.15, -0.1) is 0 Å². The van der Waals surface area contributed by atoms with Gasteiger partial charge in [-0.25, -0.2) is 4.98 Å². The molecule has 0 radical (unpaired) electrons. The van der Waals surface area contributed by atoms with E-state index in [0.717, 1.165) is 25.9 Å². The highest BCUT2D eigenvalue weighted by Crippen LogP contribution is 2.17. The van der Waals surface area contributed by atoms with Crippen molar-refractivity contribution in [3.05, 3.63) is 12.3 Å². The van der Waals surface area contributed by atoms with E-state index < -0.39 is 12.0 Å². The lowest BCUT2D eigenvalue weighted by Gasteiger charge is -2.26. The molecule has 2 rings (SSSR count). The third-order valence-electron chi connectivity index (χ3n) is 3.02. The summed E-state index contributed by atoms with van der Waals surface area (Å²) < 4.78 is 0. The average molecular weight is 250 g/mol. The quantitative estimate of drug-likeness (QED) is 0.840. The molecule has 0 amide bonds. The predicted molar refractivity (Wildman–Crippen MR) is 68.8 cm³/mol. The predicted octanol–water partition coefficient (Wildman–Crippen LogP) is 1.35. The molecular formula is C12H18N4O2. The standard InChI is InChI=1S/C12H18N4O2/c1-9(11(17)18)14-10-5-6-13-12(15-10)16-7-3-2-4-8-16/h5-6,9H,2-4,7-8H2,1H3,(H,17,18)(H,13,14,15)/t9-/m0/s1. The van der Waals surface area contributed by atoms with Crippen molar-refractivity contribution in [2.75, 3.05) is 23.3 Å². The van der Waals surface area contributed by atoms with Crippen LogP contribution in [-0.4, -0.2) is 40.2 Å². The number of hydrogen-bond donors (Lipinski definition) is 2. The number of carboxylic acid groups (broad SMARTS) is 1. The highest BCUT2D eigenvalue weighted by atomic mass is 16.4. The van der Waals surface area contributed by atoms with Crippen LogP contribution in [0.25, 0.3) is 0 Å². The van der Waals surface area contributed by atoms with Crippen LogP contribution in [0.3, 0.4) is 0 Å². The second-order valence-corrected chi connectivity index (χ2v) is 4.49. The number of carbonyl (C=O) groups is 1. The number of piperidine rings is 1. The van der Waals surface area contributed by atoms with Gasteiger partial charge in [-0.1, -0.05) is 0 Å². The molecule has 0 unspecified atom stereocenters. The fraction of sp³-hybridized carbons (Fsp3) is 0.583. The largest absolute Gasteiger partial charge is 0.480 e. The van der Waals surface area contributed by atoms with Crippen LogP contribution in [0.1, 0.15) is 26.2 Å². The molecule has 1 aliphatic rings. The van der Waals surface area contributed by atoms with Crippen molar-refractivity contribution in [3.8, 4) is 0 Å². The highest BCUT2D eigenvalue weighted by Gasteiger charge is 2.15. The number of nitrogens with one attached hydrogen (secondary N) is 1. The molecule has 1 aromatic heterocycles. The zero-order chi connectivity index (χ0) is 13.0. The maximum atomic E-state index is 10.8. The zero-order valence-corrected chi connectivity index (χ0v) is 10.5. The summed E-state index contributed by atoms with van der Waals surface area (Å²) in [7, 11) is 0. The summed E-state index contributed by atoms with van der Waals surface area (Å²) in [6.07, 6.45) is 5.23. The number of carboxylic acids is 1. The maximum absolute atomic E-state index is 10.8. The van der Waals surface area contributed by atoms with Crippen LogP contribution >= 0.6 is 0 Å². The lowest BCUT2D eigenvalue weighted by molar-refractivity contribution is -0.137. The van der Waals surface area contributed by atoms with E-state index in [1.165, 1.54) is 6.42 Å². The van der Waals surface area contributed by atoms with Gasteiger partial charge in [0.15, 0.2) is 0 Å². The third-order valence-corrected chi connectivity index (χ3v) is 3.02. The highest BCUT2D eigenvalue weighted by molar-refractivity contribution is 5.76. The molecule has 0 aliphatic carbocycles. The number of rotatable bonds is 4. The Labute approximate surface area is 106 Å². The normalized spacial score (nSPS) is 17.3. The van der Waals surface area contributed by atoms with Gasteiger partial charge in [0.1, 0.15) is 11.9 Å². The number of hydrogen-bond acceptors (Lipinski definition) is 5. The van der Waals surface area contributed by atoms with Crippen molar-refractivity contribution >= 4 is 17.7 Å². The number of nitrogens with zero attached hydrogens (tertiary/aromatic N) is 3. The van der Waals surface area contributed by atoms with Gasteiger partial charge in [0.05, 0.1) is 0 Å². The Kier molecular flexibility index (Phi) is 3.96. The molecule has 0 spiro atoms. The first-order valence-electron chi connectivity index (χ1n) is 6.24. The Morgan fingerprint density at radius 3 is 2.83 bits per heavy atom. The van der Waals surface area contributed by atoms with Crippen molar-refractivity contribution in [2.24, 2.45) is 0 Å². The Morgan fingerprint density at radius 2 is 2.17 bits per heavy atom. The summed E-state index contributed by atoms with van der Waals surface area (Å²) in [5.41, 5.74) is 0. The fourth-order valence-electron chi connectivity index (χ4n) is 1.96. The summed E-state index contributed by atoms with van der Waals surface area (Å²) >= 11 is 0. The van der Waals surface area contributed by atoms with Gasteiger partial charge >= 0.3 is 5.97 Å². The van der Waals surface area contributed by atoms with E-state index in [1.807, 2.05) is 0 Å². The molecule has 1 atom stereocenters. The van der Waals surface area contributed by atoms with E-state index in [0.29, 0.717) is 11.8 Å². The Bertz CT molecular complexity index is 418. The van der Waals surface area contributed by atoms with Crippen LogP contribution < -0.4 is 10.2 Å². The number of aliphatic carboxylic acids is 1. The van der Waals surface area contributed by atoms with Crippen LogP contribution in [0, 0.1) is 0 Å². The zero-order valence-electron chi connectivity index (χ0n) is 10.5. The van der Waals surface area contributed by atoms with Crippen molar-refractivity contribution in [2.45, 2.75) is 32.2 Å². The molecule has 2 heterocycles. The van der Waals surface area contributed by atoms with Crippen LogP contribution in [-0.2, 0) is 4.79 Å². The molecule has 1 fully saturated rings.